The van der Waals surface area contributed by atoms with E-state index in [4.69, 9.17) is 15.0 Å². The number of aromatic nitrogens is 3. The van der Waals surface area contributed by atoms with Gasteiger partial charge in [-0.15, -0.1) is 0 Å². The molecule has 10 aromatic rings. The normalized spacial score (nSPS) is 13.2. The van der Waals surface area contributed by atoms with Crippen molar-refractivity contribution in [1.82, 2.24) is 15.0 Å². The summed E-state index contributed by atoms with van der Waals surface area (Å²) in [7, 11) is 0. The summed E-state index contributed by atoms with van der Waals surface area (Å²) in [5, 5.41) is 3.50. The van der Waals surface area contributed by atoms with E-state index in [2.05, 4.69) is 176 Å². The van der Waals surface area contributed by atoms with E-state index in [0.717, 1.165) is 55.6 Å². The van der Waals surface area contributed by atoms with Crippen molar-refractivity contribution in [2.75, 3.05) is 0 Å². The molecular formula is C54H33N3S. The van der Waals surface area contributed by atoms with E-state index in [1.165, 1.54) is 48.6 Å². The van der Waals surface area contributed by atoms with Crippen molar-refractivity contribution in [2.45, 2.75) is 15.2 Å². The Morgan fingerprint density at radius 1 is 0.345 bits per heavy atom. The van der Waals surface area contributed by atoms with Crippen molar-refractivity contribution in [3.8, 4) is 56.3 Å². The Labute approximate surface area is 340 Å². The second-order valence-corrected chi connectivity index (χ2v) is 16.2. The summed E-state index contributed by atoms with van der Waals surface area (Å²) in [5.41, 5.74) is 15.2. The van der Waals surface area contributed by atoms with Crippen LogP contribution in [0.1, 0.15) is 22.3 Å². The van der Waals surface area contributed by atoms with Crippen LogP contribution in [0.5, 0.6) is 0 Å². The fraction of sp³-hybridized carbons (Fsp3) is 0.0185. The lowest BCUT2D eigenvalue weighted by molar-refractivity contribution is 0.723. The smallest absolute Gasteiger partial charge is 0.160 e. The summed E-state index contributed by atoms with van der Waals surface area (Å²) in [4.78, 5) is 18.2. The second kappa shape index (κ2) is 13.0. The third kappa shape index (κ3) is 4.92. The number of hydrogen-bond acceptors (Lipinski definition) is 4. The van der Waals surface area contributed by atoms with Crippen molar-refractivity contribution < 1.29 is 0 Å². The highest BCUT2D eigenvalue weighted by molar-refractivity contribution is 7.99. The average molecular weight is 756 g/mol. The molecule has 12 rings (SSSR count). The van der Waals surface area contributed by atoms with Crippen molar-refractivity contribution in [3.63, 3.8) is 0 Å². The van der Waals surface area contributed by atoms with Gasteiger partial charge in [-0.05, 0) is 75.2 Å². The van der Waals surface area contributed by atoms with Crippen molar-refractivity contribution >= 4 is 33.4 Å². The zero-order valence-electron chi connectivity index (χ0n) is 31.3. The summed E-state index contributed by atoms with van der Waals surface area (Å²) in [6, 6.07) is 71.9. The number of nitrogens with zero attached hydrogens (tertiary/aromatic N) is 3. The fourth-order valence-corrected chi connectivity index (χ4v) is 10.6. The van der Waals surface area contributed by atoms with Crippen LogP contribution in [-0.2, 0) is 5.41 Å². The molecule has 3 nitrogen and oxygen atoms in total. The number of benzene rings is 8. The molecule has 2 aromatic heterocycles. The average Bonchev–Trinajstić information content (AvgIpc) is 3.58. The third-order valence-corrected chi connectivity index (χ3v) is 13.1. The molecule has 0 unspecified atom stereocenters. The molecule has 0 amide bonds. The number of pyridine rings is 1. The van der Waals surface area contributed by atoms with Crippen LogP contribution in [0.15, 0.2) is 210 Å². The molecule has 1 spiro atoms. The van der Waals surface area contributed by atoms with Gasteiger partial charge in [-0.2, -0.15) is 0 Å². The molecule has 1 aliphatic heterocycles. The van der Waals surface area contributed by atoms with Crippen LogP contribution >= 0.6 is 11.8 Å². The SMILES string of the molecule is c1ccc(-c2cc(-c3ccc(-c4nc5ccccc5c5cc6c(cc45)C4(c5ccccc5Sc5ccccc54)c4ccccc4-6)cc3)nc(-c3ccccc3)n2)cc1. The van der Waals surface area contributed by atoms with E-state index in [1.807, 2.05) is 36.0 Å². The molecule has 0 atom stereocenters. The minimum Gasteiger partial charge on any atom is -0.247 e. The molecule has 270 valence electrons. The predicted octanol–water partition coefficient (Wildman–Crippen LogP) is 13.7. The lowest BCUT2D eigenvalue weighted by Gasteiger charge is -2.39. The van der Waals surface area contributed by atoms with Crippen molar-refractivity contribution in [3.05, 3.63) is 222 Å². The first-order valence-electron chi connectivity index (χ1n) is 19.7. The maximum absolute atomic E-state index is 5.45. The molecule has 3 heterocycles. The zero-order chi connectivity index (χ0) is 38.2. The standard InChI is InChI=1S/C54H33N3S/c1-3-15-34(16-4-1)48-33-49(57-53(56-48)37-17-5-2-6-18-37)35-27-29-36(30-28-35)52-42-32-46-41(31-40(42)39-20-8-12-24-47(39)55-52)38-19-7-9-21-43(38)54(46)44-22-10-13-25-50(44)58-51-26-14-11-23-45(51)54/h1-33H. The lowest BCUT2D eigenvalue weighted by atomic mass is 9.67. The molecular weight excluding hydrogens is 723 g/mol. The maximum atomic E-state index is 5.45. The van der Waals surface area contributed by atoms with Crippen molar-refractivity contribution in [2.24, 2.45) is 0 Å². The minimum absolute atomic E-state index is 0.467. The van der Waals surface area contributed by atoms with E-state index in [0.29, 0.717) is 5.82 Å². The Bertz CT molecular complexity index is 3150. The number of para-hydroxylation sites is 1. The van der Waals surface area contributed by atoms with E-state index in [1.54, 1.807) is 0 Å². The lowest BCUT2D eigenvalue weighted by Crippen LogP contribution is -2.31. The summed E-state index contributed by atoms with van der Waals surface area (Å²) >= 11 is 1.88. The first-order valence-corrected chi connectivity index (χ1v) is 20.5. The second-order valence-electron chi connectivity index (χ2n) is 15.1. The van der Waals surface area contributed by atoms with E-state index < -0.39 is 5.41 Å². The van der Waals surface area contributed by atoms with E-state index in [-0.39, 0.29) is 0 Å². The zero-order valence-corrected chi connectivity index (χ0v) is 32.1. The molecule has 8 aromatic carbocycles. The molecule has 0 saturated heterocycles. The van der Waals surface area contributed by atoms with Gasteiger partial charge in [0.1, 0.15) is 0 Å². The van der Waals surface area contributed by atoms with Crippen LogP contribution < -0.4 is 0 Å². The Kier molecular flexibility index (Phi) is 7.38. The molecule has 2 aliphatic rings. The molecule has 58 heavy (non-hydrogen) atoms. The van der Waals surface area contributed by atoms with Crippen molar-refractivity contribution in [1.29, 1.82) is 0 Å². The molecule has 1 aliphatic carbocycles. The van der Waals surface area contributed by atoms with Gasteiger partial charge >= 0.3 is 0 Å². The van der Waals surface area contributed by atoms with E-state index in [9.17, 15) is 0 Å². The summed E-state index contributed by atoms with van der Waals surface area (Å²) in [6.07, 6.45) is 0. The number of fused-ring (bicyclic) bond motifs is 12. The summed E-state index contributed by atoms with van der Waals surface area (Å²) < 4.78 is 0. The fourth-order valence-electron chi connectivity index (χ4n) is 9.38. The van der Waals surface area contributed by atoms with Crippen LogP contribution in [0.4, 0.5) is 0 Å². The van der Waals surface area contributed by atoms with Crippen LogP contribution in [-0.4, -0.2) is 15.0 Å². The van der Waals surface area contributed by atoms with Gasteiger partial charge in [0.15, 0.2) is 5.82 Å². The Balaban J connectivity index is 1.08. The predicted molar refractivity (Wildman–Crippen MR) is 238 cm³/mol. The monoisotopic (exact) mass is 755 g/mol. The summed E-state index contributed by atoms with van der Waals surface area (Å²) in [5.74, 6) is 0.705. The third-order valence-electron chi connectivity index (χ3n) is 11.9. The van der Waals surface area contributed by atoms with E-state index >= 15 is 0 Å². The quantitative estimate of drug-likeness (QED) is 0.168. The molecule has 0 radical (unpaired) electrons. The van der Waals surface area contributed by atoms with Gasteiger partial charge in [0.25, 0.3) is 0 Å². The molecule has 0 fully saturated rings. The van der Waals surface area contributed by atoms with Gasteiger partial charge in [0, 0.05) is 42.8 Å². The van der Waals surface area contributed by atoms with Gasteiger partial charge < -0.3 is 0 Å². The highest BCUT2D eigenvalue weighted by atomic mass is 32.2. The minimum atomic E-state index is -0.467. The van der Waals surface area contributed by atoms with Crippen LogP contribution in [0.2, 0.25) is 0 Å². The first-order chi connectivity index (χ1) is 28.7. The molecule has 0 N–H and O–H groups in total. The maximum Gasteiger partial charge on any atom is 0.160 e. The highest BCUT2D eigenvalue weighted by Gasteiger charge is 2.50. The van der Waals surface area contributed by atoms with Gasteiger partial charge in [-0.25, -0.2) is 15.0 Å². The number of hydrogen-bond donors (Lipinski definition) is 0. The first kappa shape index (κ1) is 33.0. The molecule has 4 heteroatoms. The topological polar surface area (TPSA) is 38.7 Å². The Hall–Kier alpha value is -7.14. The Morgan fingerprint density at radius 3 is 1.60 bits per heavy atom. The molecule has 0 bridgehead atoms. The largest absolute Gasteiger partial charge is 0.247 e. The summed E-state index contributed by atoms with van der Waals surface area (Å²) in [6.45, 7) is 0. The highest BCUT2D eigenvalue weighted by Crippen LogP contribution is 2.62. The van der Waals surface area contributed by atoms with Gasteiger partial charge in [0.2, 0.25) is 0 Å². The van der Waals surface area contributed by atoms with Gasteiger partial charge in [0.05, 0.1) is 28.0 Å². The number of rotatable bonds is 4. The van der Waals surface area contributed by atoms with Gasteiger partial charge in [-0.1, -0.05) is 176 Å². The van der Waals surface area contributed by atoms with Crippen LogP contribution in [0.25, 0.3) is 78.0 Å². The van der Waals surface area contributed by atoms with Crippen LogP contribution in [0.3, 0.4) is 0 Å². The van der Waals surface area contributed by atoms with Crippen LogP contribution in [0, 0.1) is 0 Å². The molecule has 0 saturated carbocycles. The Morgan fingerprint density at radius 2 is 0.897 bits per heavy atom. The van der Waals surface area contributed by atoms with Gasteiger partial charge in [-0.3, -0.25) is 0 Å².